The molecule has 4 heteroatoms. The van der Waals surface area contributed by atoms with E-state index in [0.29, 0.717) is 9.13 Å². The summed E-state index contributed by atoms with van der Waals surface area (Å²) in [6.07, 6.45) is 10.7. The molecule has 1 rings (SSSR count). The molecular weight excluding hydrogens is 276 g/mol. The lowest BCUT2D eigenvalue weighted by Crippen LogP contribution is -2.02. The standard InChI is InChI=1S/C15H18O2S2/c1-4-5-6-7-8-15(18-3)19(16,17)14-11-9-13(2)10-12-14/h4-12H,1-3H3. The number of thioether (sulfide) groups is 1. The van der Waals surface area contributed by atoms with E-state index in [1.54, 1.807) is 48.7 Å². The van der Waals surface area contributed by atoms with Crippen LogP contribution in [0, 0.1) is 6.92 Å². The lowest BCUT2D eigenvalue weighted by molar-refractivity contribution is 0.604. The first kappa shape index (κ1) is 15.8. The van der Waals surface area contributed by atoms with Gasteiger partial charge in [0.25, 0.3) is 0 Å². The summed E-state index contributed by atoms with van der Waals surface area (Å²) in [5.41, 5.74) is 1.04. The molecule has 19 heavy (non-hydrogen) atoms. The molecule has 0 aliphatic heterocycles. The third kappa shape index (κ3) is 4.40. The van der Waals surface area contributed by atoms with Crippen molar-refractivity contribution in [1.82, 2.24) is 0 Å². The van der Waals surface area contributed by atoms with Crippen molar-refractivity contribution in [2.45, 2.75) is 18.7 Å². The quantitative estimate of drug-likeness (QED) is 0.767. The number of hydrogen-bond acceptors (Lipinski definition) is 3. The molecule has 0 atom stereocenters. The first-order valence-corrected chi connectivity index (χ1v) is 8.58. The molecule has 102 valence electrons. The maximum atomic E-state index is 12.4. The molecule has 0 heterocycles. The van der Waals surface area contributed by atoms with Gasteiger partial charge in [0.05, 0.1) is 4.90 Å². The Labute approximate surface area is 119 Å². The minimum atomic E-state index is -3.41. The highest BCUT2D eigenvalue weighted by atomic mass is 32.3. The zero-order valence-corrected chi connectivity index (χ0v) is 13.0. The fourth-order valence-corrected chi connectivity index (χ4v) is 3.78. The van der Waals surface area contributed by atoms with E-state index in [2.05, 4.69) is 0 Å². The van der Waals surface area contributed by atoms with Crippen LogP contribution in [0.2, 0.25) is 0 Å². The van der Waals surface area contributed by atoms with Crippen LogP contribution in [0.15, 0.2) is 63.8 Å². The van der Waals surface area contributed by atoms with Gasteiger partial charge in [-0.05, 0) is 38.3 Å². The summed E-state index contributed by atoms with van der Waals surface area (Å²) in [7, 11) is -3.41. The number of allylic oxidation sites excluding steroid dienone is 5. The molecular formula is C15H18O2S2. The molecule has 0 saturated heterocycles. The van der Waals surface area contributed by atoms with Crippen molar-refractivity contribution in [2.75, 3.05) is 6.26 Å². The third-order valence-electron chi connectivity index (χ3n) is 2.44. The molecule has 0 N–H and O–H groups in total. The third-order valence-corrected chi connectivity index (χ3v) is 5.70. The van der Waals surface area contributed by atoms with E-state index in [0.717, 1.165) is 5.56 Å². The predicted octanol–water partition coefficient (Wildman–Crippen LogP) is 4.11. The number of aryl methyl sites for hydroxylation is 1. The van der Waals surface area contributed by atoms with Crippen molar-refractivity contribution < 1.29 is 8.42 Å². The lowest BCUT2D eigenvalue weighted by Gasteiger charge is -2.06. The van der Waals surface area contributed by atoms with Crippen molar-refractivity contribution >= 4 is 21.6 Å². The molecule has 0 aromatic heterocycles. The largest absolute Gasteiger partial charge is 0.218 e. The molecule has 0 radical (unpaired) electrons. The van der Waals surface area contributed by atoms with E-state index in [4.69, 9.17) is 0 Å². The molecule has 0 fully saturated rings. The Balaban J connectivity index is 3.12. The van der Waals surface area contributed by atoms with Crippen LogP contribution in [-0.4, -0.2) is 14.7 Å². The number of rotatable bonds is 5. The van der Waals surface area contributed by atoms with Crippen LogP contribution in [0.4, 0.5) is 0 Å². The van der Waals surface area contributed by atoms with E-state index < -0.39 is 9.84 Å². The zero-order valence-electron chi connectivity index (χ0n) is 11.3. The van der Waals surface area contributed by atoms with E-state index in [-0.39, 0.29) is 0 Å². The van der Waals surface area contributed by atoms with E-state index in [9.17, 15) is 8.42 Å². The first-order chi connectivity index (χ1) is 9.02. The van der Waals surface area contributed by atoms with Crippen molar-refractivity contribution in [3.05, 3.63) is 64.4 Å². The second-order valence-corrected chi connectivity index (χ2v) is 6.94. The Kier molecular flexibility index (Phi) is 6.12. The summed E-state index contributed by atoms with van der Waals surface area (Å²) in [5, 5.41) is 0. The Morgan fingerprint density at radius 1 is 1.11 bits per heavy atom. The molecule has 0 aliphatic carbocycles. The van der Waals surface area contributed by atoms with E-state index >= 15 is 0 Å². The van der Waals surface area contributed by atoms with Gasteiger partial charge in [-0.15, -0.1) is 11.8 Å². The van der Waals surface area contributed by atoms with Crippen molar-refractivity contribution in [3.8, 4) is 0 Å². The van der Waals surface area contributed by atoms with Crippen LogP contribution < -0.4 is 0 Å². The second kappa shape index (κ2) is 7.36. The first-order valence-electron chi connectivity index (χ1n) is 5.87. The molecule has 0 spiro atoms. The summed E-state index contributed by atoms with van der Waals surface area (Å²) in [4.78, 5) is 0.332. The van der Waals surface area contributed by atoms with Gasteiger partial charge >= 0.3 is 0 Å². The van der Waals surface area contributed by atoms with Crippen LogP contribution >= 0.6 is 11.8 Å². The fraction of sp³-hybridized carbons (Fsp3) is 0.200. The highest BCUT2D eigenvalue weighted by Crippen LogP contribution is 2.27. The molecule has 1 aromatic carbocycles. The van der Waals surface area contributed by atoms with Crippen LogP contribution in [0.1, 0.15) is 12.5 Å². The Hall–Kier alpha value is -1.26. The molecule has 2 nitrogen and oxygen atoms in total. The van der Waals surface area contributed by atoms with Gasteiger partial charge in [0.2, 0.25) is 9.84 Å². The van der Waals surface area contributed by atoms with Crippen LogP contribution in [0.25, 0.3) is 0 Å². The Bertz CT molecular complexity index is 592. The Morgan fingerprint density at radius 2 is 1.74 bits per heavy atom. The molecule has 0 amide bonds. The van der Waals surface area contributed by atoms with Gasteiger partial charge in [-0.1, -0.05) is 42.0 Å². The van der Waals surface area contributed by atoms with Crippen molar-refractivity contribution in [1.29, 1.82) is 0 Å². The summed E-state index contributed by atoms with van der Waals surface area (Å²) < 4.78 is 25.1. The van der Waals surface area contributed by atoms with Gasteiger partial charge in [0.1, 0.15) is 4.24 Å². The number of hydrogen-bond donors (Lipinski definition) is 0. The summed E-state index contributed by atoms with van der Waals surface area (Å²) in [6, 6.07) is 6.90. The Morgan fingerprint density at radius 3 is 2.26 bits per heavy atom. The molecule has 0 unspecified atom stereocenters. The van der Waals surface area contributed by atoms with Gasteiger partial charge in [0.15, 0.2) is 0 Å². The van der Waals surface area contributed by atoms with E-state index in [1.807, 2.05) is 26.0 Å². The minimum absolute atomic E-state index is 0.332. The summed E-state index contributed by atoms with van der Waals surface area (Å²) in [6.45, 7) is 3.84. The van der Waals surface area contributed by atoms with Crippen LogP contribution in [-0.2, 0) is 9.84 Å². The molecule has 0 saturated carbocycles. The predicted molar refractivity (Wildman–Crippen MR) is 83.9 cm³/mol. The summed E-state index contributed by atoms with van der Waals surface area (Å²) in [5.74, 6) is 0. The van der Waals surface area contributed by atoms with Gasteiger partial charge in [0, 0.05) is 0 Å². The normalized spacial score (nSPS) is 13.5. The highest BCUT2D eigenvalue weighted by molar-refractivity contribution is 8.18. The molecule has 1 aromatic rings. The van der Waals surface area contributed by atoms with Gasteiger partial charge in [-0.25, -0.2) is 8.42 Å². The average molecular weight is 294 g/mol. The maximum absolute atomic E-state index is 12.4. The minimum Gasteiger partial charge on any atom is -0.218 e. The van der Waals surface area contributed by atoms with Gasteiger partial charge in [-0.2, -0.15) is 0 Å². The fourth-order valence-electron chi connectivity index (χ4n) is 1.41. The van der Waals surface area contributed by atoms with Gasteiger partial charge < -0.3 is 0 Å². The highest BCUT2D eigenvalue weighted by Gasteiger charge is 2.19. The topological polar surface area (TPSA) is 34.1 Å². The van der Waals surface area contributed by atoms with Gasteiger partial charge in [-0.3, -0.25) is 0 Å². The number of sulfone groups is 1. The number of benzene rings is 1. The molecule has 0 bridgehead atoms. The monoisotopic (exact) mass is 294 g/mol. The van der Waals surface area contributed by atoms with E-state index in [1.165, 1.54) is 11.8 Å². The van der Waals surface area contributed by atoms with Crippen LogP contribution in [0.5, 0.6) is 0 Å². The zero-order chi connectivity index (χ0) is 14.3. The van der Waals surface area contributed by atoms with Crippen LogP contribution in [0.3, 0.4) is 0 Å². The maximum Gasteiger partial charge on any atom is 0.212 e. The summed E-state index contributed by atoms with van der Waals surface area (Å²) >= 11 is 1.23. The SMILES string of the molecule is CC=CC=CC=C(SC)S(=O)(=O)c1ccc(C)cc1. The average Bonchev–Trinajstić information content (AvgIpc) is 2.39. The molecule has 0 aliphatic rings. The lowest BCUT2D eigenvalue weighted by atomic mass is 10.2. The smallest absolute Gasteiger partial charge is 0.212 e. The van der Waals surface area contributed by atoms with Crippen molar-refractivity contribution in [2.24, 2.45) is 0 Å². The van der Waals surface area contributed by atoms with Crippen molar-refractivity contribution in [3.63, 3.8) is 0 Å². The second-order valence-electron chi connectivity index (χ2n) is 3.92.